The van der Waals surface area contributed by atoms with Crippen molar-refractivity contribution >= 4 is 0 Å². The molecule has 26 heavy (non-hydrogen) atoms. The van der Waals surface area contributed by atoms with E-state index in [-0.39, 0.29) is 0 Å². The van der Waals surface area contributed by atoms with Gasteiger partial charge in [0, 0.05) is 12.6 Å². The summed E-state index contributed by atoms with van der Waals surface area (Å²) in [6, 6.07) is 0.738. The van der Waals surface area contributed by atoms with Crippen molar-refractivity contribution in [3.63, 3.8) is 0 Å². The third-order valence-corrected chi connectivity index (χ3v) is 5.45. The predicted octanol–water partition coefficient (Wildman–Crippen LogP) is 6.26. The molecule has 0 amide bonds. The maximum absolute atomic E-state index is 4.42. The van der Waals surface area contributed by atoms with Crippen molar-refractivity contribution in [2.45, 2.75) is 92.0 Å². The van der Waals surface area contributed by atoms with Crippen molar-refractivity contribution in [3.8, 4) is 0 Å². The average Bonchev–Trinajstić information content (AvgIpc) is 2.68. The molecule has 0 aromatic carbocycles. The molecule has 2 heteroatoms. The van der Waals surface area contributed by atoms with Gasteiger partial charge in [0.25, 0.3) is 0 Å². The summed E-state index contributed by atoms with van der Waals surface area (Å²) in [6.07, 6.45) is 12.5. The Kier molecular flexibility index (Phi) is 11.9. The first kappa shape index (κ1) is 23.2. The van der Waals surface area contributed by atoms with Gasteiger partial charge in [0.15, 0.2) is 0 Å². The summed E-state index contributed by atoms with van der Waals surface area (Å²) >= 11 is 0. The highest BCUT2D eigenvalue weighted by Crippen LogP contribution is 2.40. The Balaban J connectivity index is 0.00000163. The zero-order chi connectivity index (χ0) is 19.4. The summed E-state index contributed by atoms with van der Waals surface area (Å²) in [4.78, 5) is 2.74. The van der Waals surface area contributed by atoms with Crippen molar-refractivity contribution in [1.82, 2.24) is 10.2 Å². The van der Waals surface area contributed by atoms with Gasteiger partial charge in [-0.15, -0.1) is 0 Å². The van der Waals surface area contributed by atoms with Crippen LogP contribution in [0.3, 0.4) is 0 Å². The van der Waals surface area contributed by atoms with Crippen LogP contribution in [0.1, 0.15) is 86.0 Å². The Morgan fingerprint density at radius 3 is 2.42 bits per heavy atom. The maximum Gasteiger partial charge on any atom is 0.0202 e. The molecule has 1 atom stereocenters. The highest BCUT2D eigenvalue weighted by molar-refractivity contribution is 5.48. The highest BCUT2D eigenvalue weighted by atomic mass is 15.1. The van der Waals surface area contributed by atoms with Crippen LogP contribution in [-0.4, -0.2) is 37.1 Å². The standard InChI is InChI=1S/C22H38N2.C2H6/c1-5-13-23-17-18(4)21-10-8-9-19-11-12-20(16-22(19)21)24(14-6-2)15-7-3;1-2/h9,20,23H,4-8,10-17H2,1-3H3;1-2H3. The lowest BCUT2D eigenvalue weighted by molar-refractivity contribution is 0.179. The molecular weight excluding hydrogens is 316 g/mol. The van der Waals surface area contributed by atoms with Crippen LogP contribution in [0.15, 0.2) is 34.9 Å². The van der Waals surface area contributed by atoms with E-state index in [1.165, 1.54) is 70.0 Å². The summed E-state index contributed by atoms with van der Waals surface area (Å²) in [7, 11) is 0. The minimum Gasteiger partial charge on any atom is -0.313 e. The van der Waals surface area contributed by atoms with Gasteiger partial charge in [-0.25, -0.2) is 0 Å². The number of hydrogen-bond donors (Lipinski definition) is 1. The summed E-state index contributed by atoms with van der Waals surface area (Å²) in [5.41, 5.74) is 6.20. The molecule has 0 heterocycles. The summed E-state index contributed by atoms with van der Waals surface area (Å²) in [5, 5.41) is 3.54. The number of nitrogens with one attached hydrogen (secondary N) is 1. The van der Waals surface area contributed by atoms with Crippen molar-refractivity contribution in [3.05, 3.63) is 34.9 Å². The van der Waals surface area contributed by atoms with E-state index in [9.17, 15) is 0 Å². The van der Waals surface area contributed by atoms with E-state index in [4.69, 9.17) is 0 Å². The second-order valence-corrected chi connectivity index (χ2v) is 7.44. The summed E-state index contributed by atoms with van der Waals surface area (Å²) in [5.74, 6) is 0. The molecule has 0 saturated heterocycles. The highest BCUT2D eigenvalue weighted by Gasteiger charge is 2.28. The fourth-order valence-corrected chi connectivity index (χ4v) is 4.30. The van der Waals surface area contributed by atoms with Gasteiger partial charge in [0.1, 0.15) is 0 Å². The molecule has 1 unspecified atom stereocenters. The number of nitrogens with zero attached hydrogens (tertiary/aromatic N) is 1. The quantitative estimate of drug-likeness (QED) is 0.463. The Labute approximate surface area is 163 Å². The average molecular weight is 361 g/mol. The number of hydrogen-bond acceptors (Lipinski definition) is 2. The molecule has 0 radical (unpaired) electrons. The van der Waals surface area contributed by atoms with Gasteiger partial charge < -0.3 is 10.2 Å². The molecule has 2 aliphatic carbocycles. The fourth-order valence-electron chi connectivity index (χ4n) is 4.30. The summed E-state index contributed by atoms with van der Waals surface area (Å²) < 4.78 is 0. The van der Waals surface area contributed by atoms with Gasteiger partial charge >= 0.3 is 0 Å². The van der Waals surface area contributed by atoms with Crippen molar-refractivity contribution in [1.29, 1.82) is 0 Å². The van der Waals surface area contributed by atoms with Gasteiger partial charge in [0.2, 0.25) is 0 Å². The van der Waals surface area contributed by atoms with E-state index < -0.39 is 0 Å². The normalized spacial score (nSPS) is 19.6. The van der Waals surface area contributed by atoms with Crippen molar-refractivity contribution < 1.29 is 0 Å². The molecule has 0 aromatic heterocycles. The zero-order valence-corrected chi connectivity index (χ0v) is 18.3. The Morgan fingerprint density at radius 2 is 1.81 bits per heavy atom. The molecule has 1 saturated carbocycles. The molecule has 0 aliphatic heterocycles. The van der Waals surface area contributed by atoms with Crippen LogP contribution in [0.4, 0.5) is 0 Å². The lowest BCUT2D eigenvalue weighted by Crippen LogP contribution is -2.39. The van der Waals surface area contributed by atoms with Crippen LogP contribution in [-0.2, 0) is 0 Å². The molecule has 1 N–H and O–H groups in total. The van der Waals surface area contributed by atoms with E-state index in [0.717, 1.165) is 19.1 Å². The van der Waals surface area contributed by atoms with Crippen molar-refractivity contribution in [2.24, 2.45) is 0 Å². The first-order chi connectivity index (χ1) is 12.7. The molecule has 1 fully saturated rings. The van der Waals surface area contributed by atoms with Gasteiger partial charge in [-0.3, -0.25) is 0 Å². The Hall–Kier alpha value is -0.860. The lowest BCUT2D eigenvalue weighted by atomic mass is 9.77. The van der Waals surface area contributed by atoms with Crippen LogP contribution in [0.2, 0.25) is 0 Å². The number of rotatable bonds is 10. The Bertz CT molecular complexity index is 467. The van der Waals surface area contributed by atoms with Crippen LogP contribution in [0.25, 0.3) is 0 Å². The van der Waals surface area contributed by atoms with Crippen molar-refractivity contribution in [2.75, 3.05) is 26.2 Å². The Morgan fingerprint density at radius 1 is 1.12 bits per heavy atom. The maximum atomic E-state index is 4.42. The molecule has 150 valence electrons. The minimum absolute atomic E-state index is 0.738. The van der Waals surface area contributed by atoms with Gasteiger partial charge in [0.05, 0.1) is 0 Å². The fraction of sp³-hybridized carbons (Fsp3) is 0.750. The smallest absolute Gasteiger partial charge is 0.0202 e. The van der Waals surface area contributed by atoms with Gasteiger partial charge in [-0.1, -0.05) is 47.3 Å². The largest absolute Gasteiger partial charge is 0.313 e. The van der Waals surface area contributed by atoms with Crippen LogP contribution in [0.5, 0.6) is 0 Å². The second-order valence-electron chi connectivity index (χ2n) is 7.44. The van der Waals surface area contributed by atoms with E-state index in [1.807, 2.05) is 13.8 Å². The van der Waals surface area contributed by atoms with Crippen LogP contribution >= 0.6 is 0 Å². The van der Waals surface area contributed by atoms with Gasteiger partial charge in [-0.05, 0) is 93.3 Å². The number of fused-ring (bicyclic) bond motifs is 1. The zero-order valence-electron chi connectivity index (χ0n) is 18.3. The van der Waals surface area contributed by atoms with E-state index >= 15 is 0 Å². The molecular formula is C24H44N2. The van der Waals surface area contributed by atoms with E-state index in [2.05, 4.69) is 43.6 Å². The van der Waals surface area contributed by atoms with E-state index in [0.29, 0.717) is 0 Å². The lowest BCUT2D eigenvalue weighted by Gasteiger charge is -2.38. The van der Waals surface area contributed by atoms with Gasteiger partial charge in [-0.2, -0.15) is 0 Å². The molecule has 0 spiro atoms. The van der Waals surface area contributed by atoms with E-state index in [1.54, 1.807) is 16.7 Å². The SMILES string of the molecule is C=C(CNCCC)C1=C2CC(N(CCC)CCC)CCC2=CCC1.CC. The number of allylic oxidation sites excluding steroid dienone is 2. The second kappa shape index (κ2) is 13.3. The predicted molar refractivity (Wildman–Crippen MR) is 118 cm³/mol. The van der Waals surface area contributed by atoms with Crippen LogP contribution < -0.4 is 5.32 Å². The molecule has 2 nitrogen and oxygen atoms in total. The molecule has 2 aliphatic rings. The third-order valence-electron chi connectivity index (χ3n) is 5.45. The first-order valence-corrected chi connectivity index (χ1v) is 11.3. The molecule has 2 rings (SSSR count). The minimum atomic E-state index is 0.738. The molecule has 0 aromatic rings. The molecule has 0 bridgehead atoms. The summed E-state index contributed by atoms with van der Waals surface area (Å²) in [6.45, 7) is 19.8. The van der Waals surface area contributed by atoms with Crippen LogP contribution in [0, 0.1) is 0 Å². The monoisotopic (exact) mass is 360 g/mol. The first-order valence-electron chi connectivity index (χ1n) is 11.3. The topological polar surface area (TPSA) is 15.3 Å². The third kappa shape index (κ3) is 6.70.